The van der Waals surface area contributed by atoms with Gasteiger partial charge in [0.15, 0.2) is 11.8 Å². The summed E-state index contributed by atoms with van der Waals surface area (Å²) in [6, 6.07) is 20.4. The number of nitrogens with two attached hydrogens (primary N) is 1. The molecule has 0 atom stereocenters. The number of anilines is 1. The molecule has 1 fully saturated rings. The molecule has 0 aliphatic carbocycles. The van der Waals surface area contributed by atoms with E-state index >= 15 is 0 Å². The molecule has 0 unspecified atom stereocenters. The lowest BCUT2D eigenvalue weighted by Crippen LogP contribution is -2.28. The number of aryl methyl sites for hydroxylation is 2. The van der Waals surface area contributed by atoms with E-state index in [0.29, 0.717) is 32.1 Å². The fourth-order valence-electron chi connectivity index (χ4n) is 3.25. The Balaban J connectivity index is 1.76. The molecule has 6 nitrogen and oxygen atoms in total. The molecule has 0 saturated carbocycles. The van der Waals surface area contributed by atoms with E-state index in [0.717, 1.165) is 16.8 Å². The van der Waals surface area contributed by atoms with Crippen LogP contribution in [0.25, 0.3) is 6.08 Å². The van der Waals surface area contributed by atoms with Gasteiger partial charge in [0.05, 0.1) is 16.3 Å². The summed E-state index contributed by atoms with van der Waals surface area (Å²) in [7, 11) is 0. The summed E-state index contributed by atoms with van der Waals surface area (Å²) in [5, 5.41) is 1.00. The largest absolute Gasteiger partial charge is 0.483 e. The second-order valence-corrected chi connectivity index (χ2v) is 9.20. The van der Waals surface area contributed by atoms with Crippen molar-refractivity contribution in [3.05, 3.63) is 93.3 Å². The molecule has 0 radical (unpaired) electrons. The standard InChI is InChI=1S/C26H22ClN3O3S/c1-16-3-8-20(9-4-16)29-26-30(21-10-5-17(2)6-11-21)25(32)23(34-26)14-18-13-19(27)7-12-22(18)33-15-24(28)31/h3-14H,15H2,1-2H3,(H2,28,31)/b23-14-,29-26?. The van der Waals surface area contributed by atoms with Crippen LogP contribution in [-0.2, 0) is 9.59 Å². The molecule has 1 heterocycles. The van der Waals surface area contributed by atoms with E-state index in [2.05, 4.69) is 0 Å². The van der Waals surface area contributed by atoms with Crippen LogP contribution in [0.5, 0.6) is 5.75 Å². The van der Waals surface area contributed by atoms with Crippen LogP contribution in [0.15, 0.2) is 76.6 Å². The van der Waals surface area contributed by atoms with Crippen molar-refractivity contribution in [3.8, 4) is 5.75 Å². The van der Waals surface area contributed by atoms with Gasteiger partial charge in [-0.2, -0.15) is 0 Å². The predicted molar refractivity (Wildman–Crippen MR) is 139 cm³/mol. The van der Waals surface area contributed by atoms with Gasteiger partial charge < -0.3 is 10.5 Å². The average Bonchev–Trinajstić information content (AvgIpc) is 3.10. The number of amidine groups is 1. The minimum Gasteiger partial charge on any atom is -0.483 e. The summed E-state index contributed by atoms with van der Waals surface area (Å²) < 4.78 is 5.52. The molecule has 3 aromatic rings. The fourth-order valence-corrected chi connectivity index (χ4v) is 4.43. The number of halogens is 1. The number of benzene rings is 3. The first-order valence-corrected chi connectivity index (χ1v) is 11.7. The first-order valence-electron chi connectivity index (χ1n) is 10.5. The van der Waals surface area contributed by atoms with Crippen molar-refractivity contribution >= 4 is 57.8 Å². The third-order valence-electron chi connectivity index (χ3n) is 4.99. The van der Waals surface area contributed by atoms with Crippen LogP contribution in [0.1, 0.15) is 16.7 Å². The van der Waals surface area contributed by atoms with E-state index in [9.17, 15) is 9.59 Å². The highest BCUT2D eigenvalue weighted by Gasteiger charge is 2.35. The summed E-state index contributed by atoms with van der Waals surface area (Å²) in [4.78, 5) is 31.5. The second-order valence-electron chi connectivity index (χ2n) is 7.75. The van der Waals surface area contributed by atoms with Crippen molar-refractivity contribution in [2.45, 2.75) is 13.8 Å². The lowest BCUT2D eigenvalue weighted by atomic mass is 10.1. The Hall–Kier alpha value is -3.55. The van der Waals surface area contributed by atoms with Crippen LogP contribution in [0, 0.1) is 13.8 Å². The summed E-state index contributed by atoms with van der Waals surface area (Å²) in [6.45, 7) is 3.71. The fraction of sp³-hybridized carbons (Fsp3) is 0.115. The number of ether oxygens (including phenoxy) is 1. The summed E-state index contributed by atoms with van der Waals surface area (Å²) in [6.07, 6.45) is 1.69. The first-order chi connectivity index (χ1) is 16.3. The Morgan fingerprint density at radius 1 is 1.06 bits per heavy atom. The number of amides is 2. The highest BCUT2D eigenvalue weighted by molar-refractivity contribution is 8.19. The van der Waals surface area contributed by atoms with Gasteiger partial charge in [0.2, 0.25) is 0 Å². The van der Waals surface area contributed by atoms with Gasteiger partial charge in [0.1, 0.15) is 5.75 Å². The van der Waals surface area contributed by atoms with Crippen molar-refractivity contribution in [3.63, 3.8) is 0 Å². The van der Waals surface area contributed by atoms with Gasteiger partial charge in [-0.25, -0.2) is 4.99 Å². The Morgan fingerprint density at radius 2 is 1.71 bits per heavy atom. The van der Waals surface area contributed by atoms with Crippen LogP contribution < -0.4 is 15.4 Å². The van der Waals surface area contributed by atoms with Crippen molar-refractivity contribution in [1.82, 2.24) is 0 Å². The molecule has 34 heavy (non-hydrogen) atoms. The Bertz CT molecular complexity index is 1300. The molecule has 8 heteroatoms. The van der Waals surface area contributed by atoms with Gasteiger partial charge in [-0.15, -0.1) is 0 Å². The van der Waals surface area contributed by atoms with E-state index in [4.69, 9.17) is 27.1 Å². The van der Waals surface area contributed by atoms with Crippen LogP contribution in [0.2, 0.25) is 5.02 Å². The molecule has 1 saturated heterocycles. The molecule has 172 valence electrons. The number of carbonyl (C=O) groups is 2. The van der Waals surface area contributed by atoms with Crippen molar-refractivity contribution in [1.29, 1.82) is 0 Å². The minimum absolute atomic E-state index is 0.222. The number of hydrogen-bond donors (Lipinski definition) is 1. The zero-order valence-corrected chi connectivity index (χ0v) is 20.2. The molecular weight excluding hydrogens is 470 g/mol. The third kappa shape index (κ3) is 5.50. The molecule has 2 amide bonds. The highest BCUT2D eigenvalue weighted by Crippen LogP contribution is 2.38. The van der Waals surface area contributed by atoms with Gasteiger partial charge in [0.25, 0.3) is 11.8 Å². The lowest BCUT2D eigenvalue weighted by Gasteiger charge is -2.16. The van der Waals surface area contributed by atoms with Gasteiger partial charge in [-0.05, 0) is 74.1 Å². The van der Waals surface area contributed by atoms with Gasteiger partial charge in [-0.3, -0.25) is 14.5 Å². The zero-order chi connectivity index (χ0) is 24.2. The average molecular weight is 492 g/mol. The molecule has 0 spiro atoms. The minimum atomic E-state index is -0.599. The quantitative estimate of drug-likeness (QED) is 0.453. The summed E-state index contributed by atoms with van der Waals surface area (Å²) in [5.41, 5.74) is 9.45. The Morgan fingerprint density at radius 3 is 2.35 bits per heavy atom. The normalized spacial score (nSPS) is 15.9. The first kappa shape index (κ1) is 23.6. The van der Waals surface area contributed by atoms with E-state index in [1.807, 2.05) is 62.4 Å². The predicted octanol–water partition coefficient (Wildman–Crippen LogP) is 5.63. The molecule has 1 aliphatic rings. The highest BCUT2D eigenvalue weighted by atomic mass is 35.5. The molecule has 1 aliphatic heterocycles. The number of thioether (sulfide) groups is 1. The lowest BCUT2D eigenvalue weighted by molar-refractivity contribution is -0.120. The second kappa shape index (κ2) is 10.2. The maximum atomic E-state index is 13.5. The molecule has 2 N–H and O–H groups in total. The Labute approximate surface area is 207 Å². The number of primary amides is 1. The zero-order valence-electron chi connectivity index (χ0n) is 18.6. The molecule has 0 bridgehead atoms. The Kier molecular flexibility index (Phi) is 7.05. The molecule has 0 aromatic heterocycles. The molecule has 4 rings (SSSR count). The van der Waals surface area contributed by atoms with E-state index in [1.54, 1.807) is 29.2 Å². The number of nitrogens with zero attached hydrogens (tertiary/aromatic N) is 2. The topological polar surface area (TPSA) is 85.0 Å². The van der Waals surface area contributed by atoms with Crippen molar-refractivity contribution in [2.24, 2.45) is 10.7 Å². The van der Waals surface area contributed by atoms with Crippen LogP contribution in [0.3, 0.4) is 0 Å². The SMILES string of the molecule is Cc1ccc(N=C2S/C(=C\c3cc(Cl)ccc3OCC(N)=O)C(=O)N2c2ccc(C)cc2)cc1. The molecule has 3 aromatic carbocycles. The number of hydrogen-bond acceptors (Lipinski definition) is 5. The van der Waals surface area contributed by atoms with Crippen LogP contribution in [0.4, 0.5) is 11.4 Å². The van der Waals surface area contributed by atoms with Crippen LogP contribution in [-0.4, -0.2) is 23.6 Å². The smallest absolute Gasteiger partial charge is 0.271 e. The van der Waals surface area contributed by atoms with E-state index < -0.39 is 5.91 Å². The maximum absolute atomic E-state index is 13.5. The molecular formula is C26H22ClN3O3S. The number of carbonyl (C=O) groups excluding carboxylic acids is 2. The maximum Gasteiger partial charge on any atom is 0.271 e. The number of aliphatic imine (C=N–C) groups is 1. The van der Waals surface area contributed by atoms with E-state index in [1.165, 1.54) is 11.8 Å². The van der Waals surface area contributed by atoms with Crippen molar-refractivity contribution < 1.29 is 14.3 Å². The summed E-state index contributed by atoms with van der Waals surface area (Å²) in [5.74, 6) is -0.423. The monoisotopic (exact) mass is 491 g/mol. The summed E-state index contributed by atoms with van der Waals surface area (Å²) >= 11 is 7.44. The number of rotatable bonds is 6. The van der Waals surface area contributed by atoms with Gasteiger partial charge in [-0.1, -0.05) is 47.0 Å². The van der Waals surface area contributed by atoms with Crippen LogP contribution >= 0.6 is 23.4 Å². The van der Waals surface area contributed by atoms with Gasteiger partial charge in [0, 0.05) is 10.6 Å². The third-order valence-corrected chi connectivity index (χ3v) is 6.19. The van der Waals surface area contributed by atoms with Crippen molar-refractivity contribution in [2.75, 3.05) is 11.5 Å². The van der Waals surface area contributed by atoms with Gasteiger partial charge >= 0.3 is 0 Å². The van der Waals surface area contributed by atoms with E-state index in [-0.39, 0.29) is 12.5 Å².